The Labute approximate surface area is 181 Å². The Balaban J connectivity index is 1.75. The number of rotatable bonds is 11. The van der Waals surface area contributed by atoms with Crippen LogP contribution < -0.4 is 15.2 Å². The van der Waals surface area contributed by atoms with Gasteiger partial charge in [-0.2, -0.15) is 0 Å². The van der Waals surface area contributed by atoms with Crippen molar-refractivity contribution in [3.63, 3.8) is 0 Å². The van der Waals surface area contributed by atoms with E-state index in [1.807, 2.05) is 36.4 Å². The summed E-state index contributed by atoms with van der Waals surface area (Å²) >= 11 is 0. The van der Waals surface area contributed by atoms with E-state index in [2.05, 4.69) is 44.2 Å². The van der Waals surface area contributed by atoms with Crippen molar-refractivity contribution >= 4 is 0 Å². The van der Waals surface area contributed by atoms with E-state index >= 15 is 0 Å². The second-order valence-electron chi connectivity index (χ2n) is 8.03. The summed E-state index contributed by atoms with van der Waals surface area (Å²) in [4.78, 5) is 0. The molecule has 0 aromatic heterocycles. The van der Waals surface area contributed by atoms with Crippen LogP contribution in [0.15, 0.2) is 72.3 Å². The Morgan fingerprint density at radius 1 is 0.800 bits per heavy atom. The first-order valence-electron chi connectivity index (χ1n) is 11.3. The number of unbranched alkanes of at least 4 members (excludes halogenated alkanes) is 2. The van der Waals surface area contributed by atoms with E-state index in [-0.39, 0.29) is 0 Å². The van der Waals surface area contributed by atoms with Crippen LogP contribution in [0.4, 0.5) is 0 Å². The third kappa shape index (κ3) is 6.24. The predicted molar refractivity (Wildman–Crippen MR) is 125 cm³/mol. The van der Waals surface area contributed by atoms with Crippen molar-refractivity contribution in [2.45, 2.75) is 64.6 Å². The molecule has 0 bridgehead atoms. The van der Waals surface area contributed by atoms with E-state index in [0.29, 0.717) is 13.0 Å². The van der Waals surface area contributed by atoms with Gasteiger partial charge in [0.25, 0.3) is 5.79 Å². The Bertz CT molecular complexity index is 781. The predicted octanol–water partition coefficient (Wildman–Crippen LogP) is 6.37. The van der Waals surface area contributed by atoms with E-state index < -0.39 is 5.79 Å². The monoisotopic (exact) mass is 405 g/mol. The normalized spacial score (nSPS) is 15.0. The Morgan fingerprint density at radius 3 is 1.67 bits per heavy atom. The molecule has 30 heavy (non-hydrogen) atoms. The molecule has 0 saturated carbocycles. The highest BCUT2D eigenvalue weighted by molar-refractivity contribution is 5.34. The first kappa shape index (κ1) is 22.2. The summed E-state index contributed by atoms with van der Waals surface area (Å²) in [6.07, 6.45) is 13.7. The van der Waals surface area contributed by atoms with Crippen molar-refractivity contribution < 1.29 is 9.47 Å². The maximum Gasteiger partial charge on any atom is 0.274 e. The van der Waals surface area contributed by atoms with Crippen molar-refractivity contribution in [2.75, 3.05) is 6.54 Å². The summed E-state index contributed by atoms with van der Waals surface area (Å²) in [7, 11) is 0. The average Bonchev–Trinajstić information content (AvgIpc) is 2.79. The van der Waals surface area contributed by atoms with Crippen LogP contribution in [0.2, 0.25) is 0 Å². The molecule has 3 nitrogen and oxygen atoms in total. The zero-order valence-electron chi connectivity index (χ0n) is 18.4. The molecule has 0 aliphatic heterocycles. The summed E-state index contributed by atoms with van der Waals surface area (Å²) in [5, 5.41) is 0. The highest BCUT2D eigenvalue weighted by Gasteiger charge is 2.33. The Kier molecular flexibility index (Phi) is 8.15. The molecule has 0 heterocycles. The highest BCUT2D eigenvalue weighted by Crippen LogP contribution is 2.31. The van der Waals surface area contributed by atoms with Crippen LogP contribution in [0.25, 0.3) is 0 Å². The van der Waals surface area contributed by atoms with Crippen molar-refractivity contribution in [2.24, 2.45) is 5.73 Å². The fraction of sp³-hybridized carbons (Fsp3) is 0.407. The molecule has 0 atom stereocenters. The zero-order chi connectivity index (χ0) is 21.2. The molecule has 0 unspecified atom stereocenters. The van der Waals surface area contributed by atoms with Gasteiger partial charge < -0.3 is 15.2 Å². The van der Waals surface area contributed by atoms with Crippen LogP contribution >= 0.6 is 0 Å². The number of aryl methyl sites for hydroxylation is 2. The van der Waals surface area contributed by atoms with Gasteiger partial charge in [0.05, 0.1) is 0 Å². The molecule has 1 aliphatic rings. The number of hydrogen-bond donors (Lipinski definition) is 1. The second kappa shape index (κ2) is 11.0. The van der Waals surface area contributed by atoms with Crippen LogP contribution in [-0.2, 0) is 12.8 Å². The summed E-state index contributed by atoms with van der Waals surface area (Å²) in [6, 6.07) is 16.8. The Hall–Kier alpha value is -2.52. The minimum Gasteiger partial charge on any atom is -0.448 e. The van der Waals surface area contributed by atoms with E-state index in [4.69, 9.17) is 15.2 Å². The summed E-state index contributed by atoms with van der Waals surface area (Å²) in [5.41, 5.74) is 9.59. The SMILES string of the molecule is CCCCc1ccc(OC2(Oc3ccc(CCCC)cc3)C=CC(CN)=CC2)cc1. The minimum absolute atomic E-state index is 0.519. The van der Waals surface area contributed by atoms with Crippen molar-refractivity contribution in [1.29, 1.82) is 0 Å². The van der Waals surface area contributed by atoms with Crippen LogP contribution in [0.3, 0.4) is 0 Å². The zero-order valence-corrected chi connectivity index (χ0v) is 18.4. The molecule has 0 amide bonds. The van der Waals surface area contributed by atoms with Gasteiger partial charge in [-0.25, -0.2) is 0 Å². The number of nitrogens with two attached hydrogens (primary N) is 1. The lowest BCUT2D eigenvalue weighted by Crippen LogP contribution is -2.41. The summed E-state index contributed by atoms with van der Waals surface area (Å²) in [5.74, 6) is 0.752. The molecule has 0 saturated heterocycles. The Morgan fingerprint density at radius 2 is 1.30 bits per heavy atom. The van der Waals surface area contributed by atoms with Gasteiger partial charge >= 0.3 is 0 Å². The second-order valence-corrected chi connectivity index (χ2v) is 8.03. The fourth-order valence-electron chi connectivity index (χ4n) is 3.58. The van der Waals surface area contributed by atoms with Crippen LogP contribution in [-0.4, -0.2) is 12.3 Å². The van der Waals surface area contributed by atoms with Gasteiger partial charge in [-0.15, -0.1) is 0 Å². The molecule has 2 aromatic rings. The van der Waals surface area contributed by atoms with Gasteiger partial charge in [-0.05, 0) is 66.6 Å². The lowest BCUT2D eigenvalue weighted by atomic mass is 10.0. The summed E-state index contributed by atoms with van der Waals surface area (Å²) < 4.78 is 12.8. The fourth-order valence-corrected chi connectivity index (χ4v) is 3.58. The van der Waals surface area contributed by atoms with Crippen molar-refractivity contribution in [1.82, 2.24) is 0 Å². The molecule has 3 rings (SSSR count). The van der Waals surface area contributed by atoms with Gasteiger partial charge in [0, 0.05) is 19.0 Å². The molecule has 1 aliphatic carbocycles. The topological polar surface area (TPSA) is 44.5 Å². The van der Waals surface area contributed by atoms with E-state index in [1.54, 1.807) is 0 Å². The minimum atomic E-state index is -0.867. The van der Waals surface area contributed by atoms with Crippen LogP contribution in [0.5, 0.6) is 11.5 Å². The van der Waals surface area contributed by atoms with Crippen LogP contribution in [0, 0.1) is 0 Å². The third-order valence-electron chi connectivity index (χ3n) is 5.50. The molecular weight excluding hydrogens is 370 g/mol. The lowest BCUT2D eigenvalue weighted by Gasteiger charge is -2.33. The standard InChI is InChI=1S/C27H35NO2/c1-3-5-7-22-9-13-25(14-10-22)29-27(19-17-24(21-28)18-20-27)30-26-15-11-23(12-16-26)8-6-4-2/h9-19H,3-8,20-21,28H2,1-2H3. The lowest BCUT2D eigenvalue weighted by molar-refractivity contribution is -0.0690. The molecule has 2 N–H and O–H groups in total. The molecular formula is C27H35NO2. The van der Waals surface area contributed by atoms with Crippen molar-refractivity contribution in [3.8, 4) is 11.5 Å². The maximum absolute atomic E-state index is 6.40. The smallest absolute Gasteiger partial charge is 0.274 e. The molecule has 2 aromatic carbocycles. The quantitative estimate of drug-likeness (QED) is 0.442. The number of ether oxygens (including phenoxy) is 2. The molecule has 160 valence electrons. The van der Waals surface area contributed by atoms with E-state index in [1.165, 1.54) is 36.8 Å². The number of hydrogen-bond acceptors (Lipinski definition) is 3. The van der Waals surface area contributed by atoms with Gasteiger partial charge in [0.2, 0.25) is 0 Å². The van der Waals surface area contributed by atoms with Gasteiger partial charge in [0.1, 0.15) is 11.5 Å². The van der Waals surface area contributed by atoms with E-state index in [0.717, 1.165) is 29.9 Å². The summed E-state index contributed by atoms with van der Waals surface area (Å²) in [6.45, 7) is 4.95. The van der Waals surface area contributed by atoms with Gasteiger partial charge in [-0.3, -0.25) is 0 Å². The van der Waals surface area contributed by atoms with Gasteiger partial charge in [0.15, 0.2) is 0 Å². The first-order valence-corrected chi connectivity index (χ1v) is 11.3. The van der Waals surface area contributed by atoms with Gasteiger partial charge in [-0.1, -0.05) is 63.1 Å². The third-order valence-corrected chi connectivity index (χ3v) is 5.50. The highest BCUT2D eigenvalue weighted by atomic mass is 16.7. The molecule has 0 fully saturated rings. The van der Waals surface area contributed by atoms with Crippen molar-refractivity contribution in [3.05, 3.63) is 83.5 Å². The molecule has 0 radical (unpaired) electrons. The average molecular weight is 406 g/mol. The van der Waals surface area contributed by atoms with Crippen LogP contribution in [0.1, 0.15) is 57.1 Å². The number of benzene rings is 2. The molecule has 0 spiro atoms. The largest absolute Gasteiger partial charge is 0.448 e. The molecule has 3 heteroatoms. The first-order chi connectivity index (χ1) is 14.7. The van der Waals surface area contributed by atoms with E-state index in [9.17, 15) is 0 Å². The maximum atomic E-state index is 6.40.